The lowest BCUT2D eigenvalue weighted by molar-refractivity contribution is -0.614. The molecule has 0 aliphatic carbocycles. The molecule has 0 fully saturated rings. The van der Waals surface area contributed by atoms with Crippen LogP contribution in [-0.4, -0.2) is 5.71 Å². The Morgan fingerprint density at radius 1 is 1.78 bits per heavy atom. The third kappa shape index (κ3) is 1.05. The minimum atomic E-state index is 0.595. The van der Waals surface area contributed by atoms with Crippen LogP contribution in [0.4, 0.5) is 0 Å². The summed E-state index contributed by atoms with van der Waals surface area (Å²) < 4.78 is 0. The van der Waals surface area contributed by atoms with Gasteiger partial charge in [-0.25, -0.2) is 5.84 Å². The molecule has 0 unspecified atom stereocenters. The first-order valence-corrected chi connectivity index (χ1v) is 2.88. The maximum absolute atomic E-state index is 5.70. The summed E-state index contributed by atoms with van der Waals surface area (Å²) in [7, 11) is 0. The van der Waals surface area contributed by atoms with Crippen LogP contribution in [0.5, 0.6) is 0 Å². The molecular formula is C4H8ClN4+. The average molecular weight is 148 g/mol. The van der Waals surface area contributed by atoms with Gasteiger partial charge in [0.1, 0.15) is 10.7 Å². The molecule has 1 aliphatic heterocycles. The zero-order chi connectivity index (χ0) is 6.85. The molecule has 0 atom stereocenters. The minimum Gasteiger partial charge on any atom is -0.276 e. The molecule has 5 N–H and O–H groups in total. The highest BCUT2D eigenvalue weighted by Crippen LogP contribution is 2.06. The number of nitrogens with zero attached hydrogens (tertiary/aromatic N) is 1. The van der Waals surface area contributed by atoms with Gasteiger partial charge in [0.25, 0.3) is 5.82 Å². The number of hydrogen-bond donors (Lipinski definition) is 3. The molecule has 0 spiro atoms. The van der Waals surface area contributed by atoms with Crippen LogP contribution in [0.1, 0.15) is 6.92 Å². The van der Waals surface area contributed by atoms with Crippen molar-refractivity contribution >= 4 is 17.3 Å². The lowest BCUT2D eigenvalue weighted by atomic mass is 10.4. The fraction of sp³-hybridized carbons (Fsp3) is 0.250. The van der Waals surface area contributed by atoms with Crippen LogP contribution in [0, 0.1) is 0 Å². The SMILES string of the molecule is CC1=N[NH2+]C(NN)=C1Cl. The van der Waals surface area contributed by atoms with Gasteiger partial charge in [0.15, 0.2) is 0 Å². The monoisotopic (exact) mass is 147 g/mol. The Morgan fingerprint density at radius 3 is 2.67 bits per heavy atom. The van der Waals surface area contributed by atoms with Crippen LogP contribution in [0.25, 0.3) is 0 Å². The van der Waals surface area contributed by atoms with Gasteiger partial charge in [-0.3, -0.25) is 5.43 Å². The van der Waals surface area contributed by atoms with Gasteiger partial charge < -0.3 is 0 Å². The summed E-state index contributed by atoms with van der Waals surface area (Å²) >= 11 is 5.70. The molecule has 1 rings (SSSR count). The zero-order valence-corrected chi connectivity index (χ0v) is 5.74. The molecular weight excluding hydrogens is 140 g/mol. The lowest BCUT2D eigenvalue weighted by Gasteiger charge is -1.91. The quantitative estimate of drug-likeness (QED) is 0.323. The van der Waals surface area contributed by atoms with E-state index in [-0.39, 0.29) is 0 Å². The molecule has 0 radical (unpaired) electrons. The molecule has 1 aliphatic rings. The van der Waals surface area contributed by atoms with Crippen molar-refractivity contribution in [3.63, 3.8) is 0 Å². The minimum absolute atomic E-state index is 0.595. The van der Waals surface area contributed by atoms with Crippen LogP contribution < -0.4 is 16.7 Å². The maximum Gasteiger partial charge on any atom is 0.259 e. The second kappa shape index (κ2) is 2.34. The number of nitrogens with one attached hydrogen (secondary N) is 1. The number of rotatable bonds is 1. The molecule has 1 heterocycles. The topological polar surface area (TPSA) is 67.0 Å². The molecule has 0 saturated carbocycles. The smallest absolute Gasteiger partial charge is 0.259 e. The van der Waals surface area contributed by atoms with Gasteiger partial charge in [0, 0.05) is 0 Å². The van der Waals surface area contributed by atoms with Crippen LogP contribution >= 0.6 is 11.6 Å². The normalized spacial score (nSPS) is 18.3. The van der Waals surface area contributed by atoms with E-state index >= 15 is 0 Å². The molecule has 0 bridgehead atoms. The van der Waals surface area contributed by atoms with Crippen molar-refractivity contribution in [2.45, 2.75) is 6.92 Å². The number of nitrogens with two attached hydrogens (primary N) is 2. The van der Waals surface area contributed by atoms with Crippen molar-refractivity contribution in [1.82, 2.24) is 5.43 Å². The average Bonchev–Trinajstić information content (AvgIpc) is 2.15. The molecule has 0 aromatic heterocycles. The highest BCUT2D eigenvalue weighted by atomic mass is 35.5. The van der Waals surface area contributed by atoms with E-state index in [0.29, 0.717) is 10.9 Å². The van der Waals surface area contributed by atoms with E-state index in [2.05, 4.69) is 10.5 Å². The Hall–Kier alpha value is -0.580. The summed E-state index contributed by atoms with van der Waals surface area (Å²) in [6.07, 6.45) is 0. The van der Waals surface area contributed by atoms with Gasteiger partial charge in [0.2, 0.25) is 0 Å². The number of halogens is 1. The molecule has 0 aromatic carbocycles. The summed E-state index contributed by atoms with van der Waals surface area (Å²) in [5.41, 5.74) is 4.81. The van der Waals surface area contributed by atoms with Gasteiger partial charge in [0.05, 0.1) is 0 Å². The van der Waals surface area contributed by atoms with E-state index in [0.717, 1.165) is 5.71 Å². The summed E-state index contributed by atoms with van der Waals surface area (Å²) in [5, 5.41) is 4.51. The molecule has 9 heavy (non-hydrogen) atoms. The molecule has 0 aromatic rings. The maximum atomic E-state index is 5.70. The first kappa shape index (κ1) is 6.54. The third-order valence-electron chi connectivity index (χ3n) is 1.10. The van der Waals surface area contributed by atoms with Crippen molar-refractivity contribution in [2.24, 2.45) is 10.9 Å². The Kier molecular flexibility index (Phi) is 1.70. The zero-order valence-electron chi connectivity index (χ0n) is 4.98. The van der Waals surface area contributed by atoms with E-state index in [1.165, 1.54) is 0 Å². The van der Waals surface area contributed by atoms with Crippen LogP contribution in [-0.2, 0) is 0 Å². The fourth-order valence-electron chi connectivity index (χ4n) is 0.570. The fourth-order valence-corrected chi connectivity index (χ4v) is 0.722. The standard InChI is InChI=1S/C4H7ClN4/c1-2-3(5)4(7-6)9-8-2/h6H2,1H3,(H2,7,8,9)/p+1. The second-order valence-corrected chi connectivity index (χ2v) is 2.09. The van der Waals surface area contributed by atoms with Crippen molar-refractivity contribution in [3.8, 4) is 0 Å². The van der Waals surface area contributed by atoms with Gasteiger partial charge in [-0.1, -0.05) is 16.7 Å². The Labute approximate surface area is 57.7 Å². The third-order valence-corrected chi connectivity index (χ3v) is 1.57. The van der Waals surface area contributed by atoms with Crippen LogP contribution in [0.2, 0.25) is 0 Å². The predicted molar refractivity (Wildman–Crippen MR) is 35.2 cm³/mol. The summed E-state index contributed by atoms with van der Waals surface area (Å²) in [6, 6.07) is 0. The molecule has 0 saturated heterocycles. The van der Waals surface area contributed by atoms with E-state index < -0.39 is 0 Å². The number of allylic oxidation sites excluding steroid dienone is 1. The second-order valence-electron chi connectivity index (χ2n) is 1.72. The predicted octanol–water partition coefficient (Wildman–Crippen LogP) is -1.19. The lowest BCUT2D eigenvalue weighted by Crippen LogP contribution is -2.78. The van der Waals surface area contributed by atoms with E-state index in [9.17, 15) is 0 Å². The van der Waals surface area contributed by atoms with Gasteiger partial charge in [-0.05, 0) is 6.92 Å². The van der Waals surface area contributed by atoms with Gasteiger partial charge >= 0.3 is 0 Å². The van der Waals surface area contributed by atoms with E-state index in [4.69, 9.17) is 17.4 Å². The van der Waals surface area contributed by atoms with Crippen LogP contribution in [0.15, 0.2) is 16.0 Å². The van der Waals surface area contributed by atoms with E-state index in [1.807, 2.05) is 6.92 Å². The van der Waals surface area contributed by atoms with Crippen molar-refractivity contribution in [2.75, 3.05) is 0 Å². The molecule has 0 amide bonds. The first-order valence-electron chi connectivity index (χ1n) is 2.50. The Morgan fingerprint density at radius 2 is 2.44 bits per heavy atom. The highest BCUT2D eigenvalue weighted by molar-refractivity contribution is 6.43. The Balaban J connectivity index is 2.79. The van der Waals surface area contributed by atoms with Crippen molar-refractivity contribution in [3.05, 3.63) is 10.9 Å². The highest BCUT2D eigenvalue weighted by Gasteiger charge is 2.17. The summed E-state index contributed by atoms with van der Waals surface area (Å²) in [5.74, 6) is 5.76. The van der Waals surface area contributed by atoms with E-state index in [1.54, 1.807) is 5.43 Å². The van der Waals surface area contributed by atoms with Crippen LogP contribution in [0.3, 0.4) is 0 Å². The molecule has 5 heteroatoms. The summed E-state index contributed by atoms with van der Waals surface area (Å²) in [6.45, 7) is 1.82. The molecule has 4 nitrogen and oxygen atoms in total. The van der Waals surface area contributed by atoms with Gasteiger partial charge in [-0.2, -0.15) is 5.43 Å². The first-order chi connectivity index (χ1) is 4.25. The number of quaternary nitrogens is 1. The Bertz CT molecular complexity index is 183. The van der Waals surface area contributed by atoms with Crippen molar-refractivity contribution < 1.29 is 5.43 Å². The molecule has 50 valence electrons. The number of hydrazine groups is 1. The number of hydrogen-bond acceptors (Lipinski definition) is 3. The largest absolute Gasteiger partial charge is 0.276 e. The van der Waals surface area contributed by atoms with Gasteiger partial charge in [-0.15, -0.1) is 0 Å². The van der Waals surface area contributed by atoms with Crippen molar-refractivity contribution in [1.29, 1.82) is 0 Å². The summed E-state index contributed by atoms with van der Waals surface area (Å²) in [4.78, 5) is 0.